The molecule has 1 rings (SSSR count). The molecule has 96 valence electrons. The fourth-order valence-electron chi connectivity index (χ4n) is 1.32. The third-order valence-electron chi connectivity index (χ3n) is 2.47. The van der Waals surface area contributed by atoms with E-state index in [4.69, 9.17) is 16.7 Å². The van der Waals surface area contributed by atoms with Crippen molar-refractivity contribution in [3.63, 3.8) is 0 Å². The quantitative estimate of drug-likeness (QED) is 0.861. The predicted octanol–water partition coefficient (Wildman–Crippen LogP) is 1.70. The second-order valence-electron chi connectivity index (χ2n) is 3.82. The third kappa shape index (κ3) is 3.67. The molecule has 0 saturated heterocycles. The molecular formula is C11H16ClNO3S. The number of hydrogen-bond acceptors (Lipinski definition) is 3. The lowest BCUT2D eigenvalue weighted by Crippen LogP contribution is -2.36. The molecule has 0 unspecified atom stereocenters. The van der Waals surface area contributed by atoms with Gasteiger partial charge in [-0.1, -0.05) is 18.5 Å². The zero-order valence-electron chi connectivity index (χ0n) is 9.77. The number of hydrogen-bond donors (Lipinski definition) is 2. The molecule has 0 spiro atoms. The Bertz CT molecular complexity index is 483. The van der Waals surface area contributed by atoms with E-state index in [0.717, 1.165) is 0 Å². The first-order valence-electron chi connectivity index (χ1n) is 5.30. The van der Waals surface area contributed by atoms with Crippen LogP contribution in [0.4, 0.5) is 0 Å². The van der Waals surface area contributed by atoms with E-state index in [9.17, 15) is 8.42 Å². The normalized spacial score (nSPS) is 13.6. The summed E-state index contributed by atoms with van der Waals surface area (Å²) >= 11 is 5.84. The van der Waals surface area contributed by atoms with Crippen LogP contribution in [-0.2, 0) is 10.0 Å². The van der Waals surface area contributed by atoms with Gasteiger partial charge in [-0.05, 0) is 37.1 Å². The number of halogens is 1. The molecule has 1 aromatic carbocycles. The monoisotopic (exact) mass is 277 g/mol. The second kappa shape index (κ2) is 5.82. The molecule has 0 saturated carbocycles. The van der Waals surface area contributed by atoms with Gasteiger partial charge in [-0.3, -0.25) is 0 Å². The molecule has 1 aromatic rings. The van der Waals surface area contributed by atoms with Crippen LogP contribution in [0.1, 0.15) is 18.9 Å². The van der Waals surface area contributed by atoms with Gasteiger partial charge in [0.15, 0.2) is 0 Å². The Morgan fingerprint density at radius 3 is 2.59 bits per heavy atom. The molecule has 0 aliphatic rings. The van der Waals surface area contributed by atoms with Gasteiger partial charge >= 0.3 is 0 Å². The fourth-order valence-corrected chi connectivity index (χ4v) is 2.83. The predicted molar refractivity (Wildman–Crippen MR) is 67.7 cm³/mol. The fraction of sp³-hybridized carbons (Fsp3) is 0.455. The van der Waals surface area contributed by atoms with Crippen molar-refractivity contribution in [2.24, 2.45) is 0 Å². The van der Waals surface area contributed by atoms with Gasteiger partial charge < -0.3 is 5.11 Å². The highest BCUT2D eigenvalue weighted by Crippen LogP contribution is 2.19. The topological polar surface area (TPSA) is 66.4 Å². The number of benzene rings is 1. The van der Waals surface area contributed by atoms with Crippen LogP contribution in [0.25, 0.3) is 0 Å². The summed E-state index contributed by atoms with van der Waals surface area (Å²) in [7, 11) is -3.59. The maximum absolute atomic E-state index is 12.0. The molecule has 6 heteroatoms. The Morgan fingerprint density at radius 1 is 1.47 bits per heavy atom. The van der Waals surface area contributed by atoms with Gasteiger partial charge in [0.05, 0.1) is 11.5 Å². The van der Waals surface area contributed by atoms with E-state index in [1.165, 1.54) is 12.1 Å². The first kappa shape index (κ1) is 14.4. The molecule has 17 heavy (non-hydrogen) atoms. The van der Waals surface area contributed by atoms with Gasteiger partial charge in [-0.2, -0.15) is 0 Å². The standard InChI is InChI=1S/C11H16ClNO3S/c1-3-9(7-14)13-17(15,16)10-4-5-11(12)8(2)6-10/h4-6,9,13-14H,3,7H2,1-2H3/t9-/m0/s1. The van der Waals surface area contributed by atoms with Crippen LogP contribution in [0.3, 0.4) is 0 Å². The lowest BCUT2D eigenvalue weighted by molar-refractivity contribution is 0.254. The number of aliphatic hydroxyl groups is 1. The van der Waals surface area contributed by atoms with Crippen LogP contribution >= 0.6 is 11.6 Å². The first-order chi connectivity index (χ1) is 7.90. The molecule has 0 heterocycles. The molecule has 4 nitrogen and oxygen atoms in total. The van der Waals surface area contributed by atoms with E-state index < -0.39 is 16.1 Å². The Hall–Kier alpha value is -0.620. The maximum atomic E-state index is 12.0. The number of sulfonamides is 1. The van der Waals surface area contributed by atoms with Gasteiger partial charge in [0.1, 0.15) is 0 Å². The van der Waals surface area contributed by atoms with E-state index in [0.29, 0.717) is 17.0 Å². The van der Waals surface area contributed by atoms with Gasteiger partial charge in [0, 0.05) is 11.1 Å². The summed E-state index contributed by atoms with van der Waals surface area (Å²) in [6.07, 6.45) is 0.530. The Labute approximate surface area is 107 Å². The summed E-state index contributed by atoms with van der Waals surface area (Å²) in [5, 5.41) is 9.51. The van der Waals surface area contributed by atoms with E-state index in [1.807, 2.05) is 0 Å². The molecular weight excluding hydrogens is 262 g/mol. The average molecular weight is 278 g/mol. The smallest absolute Gasteiger partial charge is 0.240 e. The highest BCUT2D eigenvalue weighted by Gasteiger charge is 2.18. The number of aryl methyl sites for hydroxylation is 1. The van der Waals surface area contributed by atoms with E-state index >= 15 is 0 Å². The van der Waals surface area contributed by atoms with E-state index in [1.54, 1.807) is 19.9 Å². The highest BCUT2D eigenvalue weighted by molar-refractivity contribution is 7.89. The summed E-state index contributed by atoms with van der Waals surface area (Å²) in [6, 6.07) is 4.04. The molecule has 0 aromatic heterocycles. The molecule has 2 N–H and O–H groups in total. The van der Waals surface area contributed by atoms with Crippen molar-refractivity contribution >= 4 is 21.6 Å². The van der Waals surface area contributed by atoms with Crippen LogP contribution in [0.15, 0.2) is 23.1 Å². The minimum atomic E-state index is -3.59. The van der Waals surface area contributed by atoms with E-state index in [2.05, 4.69) is 4.72 Å². The van der Waals surface area contributed by atoms with Crippen molar-refractivity contribution in [3.05, 3.63) is 28.8 Å². The average Bonchev–Trinajstić information content (AvgIpc) is 2.29. The van der Waals surface area contributed by atoms with Gasteiger partial charge in [-0.25, -0.2) is 13.1 Å². The van der Waals surface area contributed by atoms with Gasteiger partial charge in [0.25, 0.3) is 0 Å². The van der Waals surface area contributed by atoms with Crippen molar-refractivity contribution in [2.75, 3.05) is 6.61 Å². The van der Waals surface area contributed by atoms with E-state index in [-0.39, 0.29) is 11.5 Å². The first-order valence-corrected chi connectivity index (χ1v) is 7.16. The summed E-state index contributed by atoms with van der Waals surface area (Å²) in [6.45, 7) is 3.32. The van der Waals surface area contributed by atoms with Crippen LogP contribution < -0.4 is 4.72 Å². The molecule has 0 aliphatic carbocycles. The molecule has 0 aliphatic heterocycles. The van der Waals surface area contributed by atoms with Crippen molar-refractivity contribution in [1.29, 1.82) is 0 Å². The van der Waals surface area contributed by atoms with Crippen LogP contribution in [0, 0.1) is 6.92 Å². The maximum Gasteiger partial charge on any atom is 0.240 e. The van der Waals surface area contributed by atoms with Gasteiger partial charge in [-0.15, -0.1) is 0 Å². The number of aliphatic hydroxyl groups excluding tert-OH is 1. The zero-order chi connectivity index (χ0) is 13.1. The van der Waals surface area contributed by atoms with Crippen LogP contribution in [-0.4, -0.2) is 26.2 Å². The lowest BCUT2D eigenvalue weighted by atomic mass is 10.2. The van der Waals surface area contributed by atoms with Crippen molar-refractivity contribution in [2.45, 2.75) is 31.2 Å². The minimum Gasteiger partial charge on any atom is -0.395 e. The third-order valence-corrected chi connectivity index (χ3v) is 4.42. The summed E-state index contributed by atoms with van der Waals surface area (Å²) < 4.78 is 26.4. The zero-order valence-corrected chi connectivity index (χ0v) is 11.3. The van der Waals surface area contributed by atoms with Crippen molar-refractivity contribution in [1.82, 2.24) is 4.72 Å². The second-order valence-corrected chi connectivity index (χ2v) is 5.94. The lowest BCUT2D eigenvalue weighted by Gasteiger charge is -2.14. The summed E-state index contributed by atoms with van der Waals surface area (Å²) in [4.78, 5) is 0.159. The summed E-state index contributed by atoms with van der Waals surface area (Å²) in [5.74, 6) is 0. The Morgan fingerprint density at radius 2 is 2.12 bits per heavy atom. The molecule has 0 amide bonds. The molecule has 1 atom stereocenters. The number of nitrogens with one attached hydrogen (secondary N) is 1. The SMILES string of the molecule is CC[C@@H](CO)NS(=O)(=O)c1ccc(Cl)c(C)c1. The van der Waals surface area contributed by atoms with Crippen molar-refractivity contribution in [3.8, 4) is 0 Å². The molecule has 0 fully saturated rings. The largest absolute Gasteiger partial charge is 0.395 e. The number of rotatable bonds is 5. The van der Waals surface area contributed by atoms with Crippen molar-refractivity contribution < 1.29 is 13.5 Å². The summed E-state index contributed by atoms with van der Waals surface area (Å²) in [5.41, 5.74) is 0.701. The molecule has 0 bridgehead atoms. The Kier molecular flexibility index (Phi) is 4.94. The highest BCUT2D eigenvalue weighted by atomic mass is 35.5. The van der Waals surface area contributed by atoms with Crippen LogP contribution in [0.5, 0.6) is 0 Å². The van der Waals surface area contributed by atoms with Crippen LogP contribution in [0.2, 0.25) is 5.02 Å². The van der Waals surface area contributed by atoms with Gasteiger partial charge in [0.2, 0.25) is 10.0 Å². The minimum absolute atomic E-state index is 0.159. The Balaban J connectivity index is 3.01. The molecule has 0 radical (unpaired) electrons.